The highest BCUT2D eigenvalue weighted by Crippen LogP contribution is 2.41. The molecule has 2 aliphatic rings. The van der Waals surface area contributed by atoms with Crippen LogP contribution in [0.15, 0.2) is 12.1 Å². The van der Waals surface area contributed by atoms with Crippen LogP contribution < -0.4 is 0 Å². The van der Waals surface area contributed by atoms with Crippen LogP contribution >= 0.6 is 11.6 Å². The predicted molar refractivity (Wildman–Crippen MR) is 90.2 cm³/mol. The minimum absolute atomic E-state index is 0.0591. The molecule has 2 fully saturated rings. The summed E-state index contributed by atoms with van der Waals surface area (Å²) < 4.78 is 27.8. The highest BCUT2D eigenvalue weighted by Gasteiger charge is 2.44. The van der Waals surface area contributed by atoms with E-state index in [1.807, 2.05) is 11.8 Å². The number of carbonyl (C=O) groups excluding carboxylic acids is 2. The van der Waals surface area contributed by atoms with Gasteiger partial charge in [0, 0.05) is 43.6 Å². The van der Waals surface area contributed by atoms with Gasteiger partial charge >= 0.3 is 0 Å². The van der Waals surface area contributed by atoms with Crippen LogP contribution in [-0.4, -0.2) is 47.8 Å². The summed E-state index contributed by atoms with van der Waals surface area (Å²) in [6.07, 6.45) is 1.66. The number of carbonyl (C=O) groups is 2. The number of amides is 2. The van der Waals surface area contributed by atoms with Crippen molar-refractivity contribution < 1.29 is 18.4 Å². The van der Waals surface area contributed by atoms with Crippen LogP contribution in [-0.2, 0) is 16.0 Å². The smallest absolute Gasteiger partial charge is 0.227 e. The number of piperidine rings is 1. The average molecular weight is 371 g/mol. The molecule has 3 rings (SSSR count). The highest BCUT2D eigenvalue weighted by atomic mass is 35.5. The Hall–Kier alpha value is -1.69. The first-order valence-electron chi connectivity index (χ1n) is 8.53. The minimum Gasteiger partial charge on any atom is -0.342 e. The van der Waals surface area contributed by atoms with E-state index < -0.39 is 11.6 Å². The molecule has 2 heterocycles. The Kier molecular flexibility index (Phi) is 5.00. The first-order chi connectivity index (χ1) is 11.8. The second-order valence-corrected chi connectivity index (χ2v) is 7.37. The number of rotatable bonds is 3. The van der Waals surface area contributed by atoms with Gasteiger partial charge in [-0.1, -0.05) is 11.6 Å². The maximum atomic E-state index is 14.0. The Morgan fingerprint density at radius 2 is 1.96 bits per heavy atom. The molecule has 136 valence electrons. The zero-order chi connectivity index (χ0) is 18.2. The molecule has 0 aromatic heterocycles. The lowest BCUT2D eigenvalue weighted by molar-refractivity contribution is -0.132. The van der Waals surface area contributed by atoms with Gasteiger partial charge in [-0.05, 0) is 31.9 Å². The van der Waals surface area contributed by atoms with Crippen molar-refractivity contribution in [3.63, 3.8) is 0 Å². The largest absolute Gasteiger partial charge is 0.342 e. The van der Waals surface area contributed by atoms with E-state index in [-0.39, 0.29) is 34.2 Å². The average Bonchev–Trinajstić information content (AvgIpc) is 2.91. The van der Waals surface area contributed by atoms with Crippen LogP contribution in [0.5, 0.6) is 0 Å². The Morgan fingerprint density at radius 1 is 1.28 bits per heavy atom. The van der Waals surface area contributed by atoms with Crippen LogP contribution in [0.2, 0.25) is 5.02 Å². The summed E-state index contributed by atoms with van der Waals surface area (Å²) in [7, 11) is 0. The van der Waals surface area contributed by atoms with Crippen molar-refractivity contribution in [1.29, 1.82) is 0 Å². The Labute approximate surface area is 150 Å². The lowest BCUT2D eigenvalue weighted by Gasteiger charge is -2.38. The van der Waals surface area contributed by atoms with Gasteiger partial charge in [-0.3, -0.25) is 9.59 Å². The summed E-state index contributed by atoms with van der Waals surface area (Å²) >= 11 is 5.67. The first kappa shape index (κ1) is 18.1. The van der Waals surface area contributed by atoms with Crippen molar-refractivity contribution in [3.8, 4) is 0 Å². The van der Waals surface area contributed by atoms with Crippen molar-refractivity contribution in [1.82, 2.24) is 9.80 Å². The maximum Gasteiger partial charge on any atom is 0.227 e. The fraction of sp³-hybridized carbons (Fsp3) is 0.556. The molecule has 0 bridgehead atoms. The molecule has 2 amide bonds. The molecule has 4 nitrogen and oxygen atoms in total. The normalized spacial score (nSPS) is 19.8. The van der Waals surface area contributed by atoms with Gasteiger partial charge in [0.25, 0.3) is 0 Å². The third kappa shape index (κ3) is 3.50. The van der Waals surface area contributed by atoms with Crippen molar-refractivity contribution >= 4 is 23.4 Å². The summed E-state index contributed by atoms with van der Waals surface area (Å²) in [5.74, 6) is -1.77. The summed E-state index contributed by atoms with van der Waals surface area (Å²) in [6, 6.07) is 2.21. The Bertz CT molecular complexity index is 703. The van der Waals surface area contributed by atoms with Crippen molar-refractivity contribution in [2.75, 3.05) is 26.2 Å². The first-order valence-corrected chi connectivity index (χ1v) is 8.91. The van der Waals surface area contributed by atoms with Crippen molar-refractivity contribution in [2.24, 2.45) is 5.41 Å². The Balaban J connectivity index is 1.63. The second-order valence-electron chi connectivity index (χ2n) is 6.96. The second kappa shape index (κ2) is 6.90. The molecule has 2 saturated heterocycles. The third-order valence-electron chi connectivity index (χ3n) is 5.43. The van der Waals surface area contributed by atoms with Gasteiger partial charge in [-0.15, -0.1) is 0 Å². The molecular weight excluding hydrogens is 350 g/mol. The maximum absolute atomic E-state index is 14.0. The molecule has 25 heavy (non-hydrogen) atoms. The summed E-state index contributed by atoms with van der Waals surface area (Å²) in [4.78, 5) is 27.9. The van der Waals surface area contributed by atoms with Crippen LogP contribution in [0.1, 0.15) is 31.7 Å². The number of nitrogens with zero attached hydrogens (tertiary/aromatic N) is 2. The van der Waals surface area contributed by atoms with Gasteiger partial charge in [0.2, 0.25) is 11.8 Å². The lowest BCUT2D eigenvalue weighted by Crippen LogP contribution is -2.44. The number of likely N-dealkylation sites (tertiary alicyclic amines) is 2. The number of halogens is 3. The van der Waals surface area contributed by atoms with E-state index in [1.165, 1.54) is 0 Å². The zero-order valence-electron chi connectivity index (χ0n) is 14.2. The van der Waals surface area contributed by atoms with E-state index in [2.05, 4.69) is 0 Å². The van der Waals surface area contributed by atoms with Gasteiger partial charge in [0.1, 0.15) is 11.6 Å². The van der Waals surface area contributed by atoms with E-state index >= 15 is 0 Å². The van der Waals surface area contributed by atoms with Crippen LogP contribution in [0, 0.1) is 17.0 Å². The molecule has 0 aliphatic carbocycles. The van der Waals surface area contributed by atoms with E-state index in [9.17, 15) is 18.4 Å². The van der Waals surface area contributed by atoms with E-state index in [0.717, 1.165) is 31.5 Å². The van der Waals surface area contributed by atoms with Crippen molar-refractivity contribution in [2.45, 2.75) is 32.6 Å². The monoisotopic (exact) mass is 370 g/mol. The van der Waals surface area contributed by atoms with Gasteiger partial charge in [-0.2, -0.15) is 0 Å². The standard InChI is InChI=1S/C18H21ClF2N2O2/c1-2-22-11-18(10-16(22)25)5-7-23(8-6-18)15(24)9-12-14(20)4-3-13(19)17(12)21/h3-4H,2,5-11H2,1H3. The lowest BCUT2D eigenvalue weighted by atomic mass is 9.77. The molecule has 7 heteroatoms. The number of hydrogen-bond acceptors (Lipinski definition) is 2. The van der Waals surface area contributed by atoms with E-state index in [1.54, 1.807) is 4.90 Å². The van der Waals surface area contributed by atoms with Gasteiger partial charge < -0.3 is 9.80 Å². The molecular formula is C18H21ClF2N2O2. The third-order valence-corrected chi connectivity index (χ3v) is 5.72. The van der Waals surface area contributed by atoms with Crippen LogP contribution in [0.4, 0.5) is 8.78 Å². The fourth-order valence-corrected chi connectivity index (χ4v) is 4.01. The molecule has 0 N–H and O–H groups in total. The molecule has 0 atom stereocenters. The number of hydrogen-bond donors (Lipinski definition) is 0. The SMILES string of the molecule is CCN1CC2(CCN(C(=O)Cc3c(F)ccc(Cl)c3F)CC2)CC1=O. The quantitative estimate of drug-likeness (QED) is 0.767. The topological polar surface area (TPSA) is 40.6 Å². The van der Waals surface area contributed by atoms with Gasteiger partial charge in [-0.25, -0.2) is 8.78 Å². The zero-order valence-corrected chi connectivity index (χ0v) is 14.9. The molecule has 1 aromatic carbocycles. The summed E-state index contributed by atoms with van der Waals surface area (Å²) in [5.41, 5.74) is -0.345. The van der Waals surface area contributed by atoms with Gasteiger partial charge in [0.15, 0.2) is 0 Å². The molecule has 1 aromatic rings. The van der Waals surface area contributed by atoms with Crippen LogP contribution in [0.3, 0.4) is 0 Å². The summed E-state index contributed by atoms with van der Waals surface area (Å²) in [5, 5.41) is -0.189. The molecule has 0 saturated carbocycles. The number of benzene rings is 1. The van der Waals surface area contributed by atoms with E-state index in [0.29, 0.717) is 26.1 Å². The molecule has 0 unspecified atom stereocenters. The fourth-order valence-electron chi connectivity index (χ4n) is 3.83. The highest BCUT2D eigenvalue weighted by molar-refractivity contribution is 6.30. The minimum atomic E-state index is -0.872. The molecule has 1 spiro atoms. The Morgan fingerprint density at radius 3 is 2.56 bits per heavy atom. The predicted octanol–water partition coefficient (Wildman–Crippen LogP) is 3.02. The van der Waals surface area contributed by atoms with Gasteiger partial charge in [0.05, 0.1) is 11.4 Å². The van der Waals surface area contributed by atoms with Crippen molar-refractivity contribution in [3.05, 3.63) is 34.4 Å². The molecule has 0 radical (unpaired) electrons. The summed E-state index contributed by atoms with van der Waals surface area (Å²) in [6.45, 7) is 4.42. The molecule has 2 aliphatic heterocycles. The van der Waals surface area contributed by atoms with E-state index in [4.69, 9.17) is 11.6 Å². The van der Waals surface area contributed by atoms with Crippen LogP contribution in [0.25, 0.3) is 0 Å².